The van der Waals surface area contributed by atoms with Gasteiger partial charge in [-0.05, 0) is 36.0 Å². The maximum absolute atomic E-state index is 12.7. The highest BCUT2D eigenvalue weighted by Gasteiger charge is 2.17. The Labute approximate surface area is 120 Å². The first kappa shape index (κ1) is 16.6. The van der Waals surface area contributed by atoms with Crippen molar-refractivity contribution in [2.75, 3.05) is 6.54 Å². The molecule has 0 aliphatic heterocycles. The van der Waals surface area contributed by atoms with Crippen LogP contribution in [-0.2, 0) is 11.2 Å². The Morgan fingerprint density at radius 3 is 2.45 bits per heavy atom. The number of carbonyl (C=O) groups is 1. The van der Waals surface area contributed by atoms with Crippen molar-refractivity contribution in [3.8, 4) is 0 Å². The number of rotatable bonds is 6. The second kappa shape index (κ2) is 7.39. The zero-order valence-corrected chi connectivity index (χ0v) is 12.6. The van der Waals surface area contributed by atoms with E-state index in [1.54, 1.807) is 12.1 Å². The highest BCUT2D eigenvalue weighted by atomic mass is 19.1. The Hall–Kier alpha value is -1.42. The van der Waals surface area contributed by atoms with E-state index in [1.165, 1.54) is 12.1 Å². The van der Waals surface area contributed by atoms with Gasteiger partial charge in [0.1, 0.15) is 5.82 Å². The topological polar surface area (TPSA) is 55.1 Å². The minimum Gasteiger partial charge on any atom is -0.356 e. The summed E-state index contributed by atoms with van der Waals surface area (Å²) < 4.78 is 12.7. The van der Waals surface area contributed by atoms with E-state index in [0.29, 0.717) is 19.4 Å². The fraction of sp³-hybridized carbons (Fsp3) is 0.562. The van der Waals surface area contributed by atoms with Gasteiger partial charge in [0.25, 0.3) is 0 Å². The van der Waals surface area contributed by atoms with Gasteiger partial charge in [-0.1, -0.05) is 32.9 Å². The van der Waals surface area contributed by atoms with Crippen LogP contribution in [0.4, 0.5) is 4.39 Å². The van der Waals surface area contributed by atoms with E-state index in [1.807, 2.05) is 0 Å². The molecule has 0 saturated carbocycles. The Balaban J connectivity index is 2.25. The number of amides is 1. The maximum Gasteiger partial charge on any atom is 0.221 e. The number of hydrogen-bond acceptors (Lipinski definition) is 2. The van der Waals surface area contributed by atoms with E-state index in [-0.39, 0.29) is 23.2 Å². The van der Waals surface area contributed by atoms with Crippen LogP contribution in [0.15, 0.2) is 24.3 Å². The number of nitrogens with one attached hydrogen (secondary N) is 1. The lowest BCUT2D eigenvalue weighted by atomic mass is 9.87. The molecular formula is C16H25FN2O. The summed E-state index contributed by atoms with van der Waals surface area (Å²) in [7, 11) is 0. The molecule has 0 heterocycles. The van der Waals surface area contributed by atoms with Gasteiger partial charge in [-0.2, -0.15) is 0 Å². The van der Waals surface area contributed by atoms with Crippen molar-refractivity contribution in [3.05, 3.63) is 35.6 Å². The van der Waals surface area contributed by atoms with Gasteiger partial charge in [-0.25, -0.2) is 4.39 Å². The molecule has 0 spiro atoms. The van der Waals surface area contributed by atoms with Crippen LogP contribution in [0.1, 0.15) is 39.2 Å². The monoisotopic (exact) mass is 280 g/mol. The Kier molecular flexibility index (Phi) is 6.14. The van der Waals surface area contributed by atoms with Crippen LogP contribution in [0.3, 0.4) is 0 Å². The first-order valence-electron chi connectivity index (χ1n) is 7.03. The number of hydrogen-bond donors (Lipinski definition) is 2. The number of carbonyl (C=O) groups excluding carboxylic acids is 1. The van der Waals surface area contributed by atoms with Gasteiger partial charge in [-0.3, -0.25) is 4.79 Å². The lowest BCUT2D eigenvalue weighted by molar-refractivity contribution is -0.121. The lowest BCUT2D eigenvalue weighted by Crippen LogP contribution is -2.34. The zero-order valence-electron chi connectivity index (χ0n) is 12.6. The molecule has 0 saturated heterocycles. The number of nitrogens with two attached hydrogens (primary N) is 1. The summed E-state index contributed by atoms with van der Waals surface area (Å²) >= 11 is 0. The first-order valence-corrected chi connectivity index (χ1v) is 7.03. The normalized spacial score (nSPS) is 13.1. The maximum atomic E-state index is 12.7. The van der Waals surface area contributed by atoms with Crippen molar-refractivity contribution in [3.63, 3.8) is 0 Å². The quantitative estimate of drug-likeness (QED) is 0.841. The molecule has 0 aliphatic rings. The van der Waals surface area contributed by atoms with Gasteiger partial charge in [0.05, 0.1) is 0 Å². The van der Waals surface area contributed by atoms with E-state index in [4.69, 9.17) is 5.73 Å². The predicted molar refractivity (Wildman–Crippen MR) is 79.8 cm³/mol. The largest absolute Gasteiger partial charge is 0.356 e. The van der Waals surface area contributed by atoms with Crippen LogP contribution in [0.25, 0.3) is 0 Å². The summed E-state index contributed by atoms with van der Waals surface area (Å²) in [4.78, 5) is 11.7. The molecule has 3 N–H and O–H groups in total. The third kappa shape index (κ3) is 7.24. The molecule has 4 heteroatoms. The van der Waals surface area contributed by atoms with Gasteiger partial charge in [-0.15, -0.1) is 0 Å². The van der Waals surface area contributed by atoms with E-state index in [0.717, 1.165) is 12.0 Å². The van der Waals surface area contributed by atoms with Crippen molar-refractivity contribution in [2.45, 2.75) is 46.1 Å². The van der Waals surface area contributed by atoms with E-state index in [2.05, 4.69) is 26.1 Å². The van der Waals surface area contributed by atoms with Crippen LogP contribution in [-0.4, -0.2) is 18.5 Å². The Morgan fingerprint density at radius 2 is 1.90 bits per heavy atom. The van der Waals surface area contributed by atoms with Crippen molar-refractivity contribution in [1.29, 1.82) is 0 Å². The molecule has 1 aromatic carbocycles. The third-order valence-electron chi connectivity index (χ3n) is 2.97. The lowest BCUT2D eigenvalue weighted by Gasteiger charge is -2.22. The second-order valence-corrected chi connectivity index (χ2v) is 6.46. The molecule has 0 fully saturated rings. The molecule has 20 heavy (non-hydrogen) atoms. The fourth-order valence-corrected chi connectivity index (χ4v) is 2.17. The molecule has 0 radical (unpaired) electrons. The van der Waals surface area contributed by atoms with Crippen molar-refractivity contribution in [2.24, 2.45) is 11.1 Å². The van der Waals surface area contributed by atoms with E-state index >= 15 is 0 Å². The van der Waals surface area contributed by atoms with E-state index in [9.17, 15) is 9.18 Å². The predicted octanol–water partition coefficient (Wildman–Crippen LogP) is 2.64. The van der Waals surface area contributed by atoms with Crippen LogP contribution in [0.5, 0.6) is 0 Å². The van der Waals surface area contributed by atoms with E-state index < -0.39 is 0 Å². The van der Waals surface area contributed by atoms with Crippen LogP contribution in [0.2, 0.25) is 0 Å². The molecule has 1 amide bonds. The molecule has 0 aliphatic carbocycles. The van der Waals surface area contributed by atoms with Crippen molar-refractivity contribution >= 4 is 5.91 Å². The summed E-state index contributed by atoms with van der Waals surface area (Å²) in [6.07, 6.45) is 1.86. The van der Waals surface area contributed by atoms with Gasteiger partial charge in [0, 0.05) is 19.0 Å². The van der Waals surface area contributed by atoms with Gasteiger partial charge in [0.15, 0.2) is 0 Å². The fourth-order valence-electron chi connectivity index (χ4n) is 2.17. The smallest absolute Gasteiger partial charge is 0.221 e. The minimum atomic E-state index is -0.245. The van der Waals surface area contributed by atoms with Gasteiger partial charge < -0.3 is 11.1 Å². The standard InChI is InChI=1S/C16H25FN2O/c1-16(2,3)11-14(18)10-15(20)19-9-8-12-4-6-13(17)7-5-12/h4-7,14H,8-11,18H2,1-3H3,(H,19,20). The number of halogens is 1. The molecule has 0 bridgehead atoms. The van der Waals surface area contributed by atoms with Crippen LogP contribution >= 0.6 is 0 Å². The molecule has 3 nitrogen and oxygen atoms in total. The molecule has 1 aromatic rings. The average Bonchev–Trinajstić information content (AvgIpc) is 2.29. The molecule has 1 atom stereocenters. The molecular weight excluding hydrogens is 255 g/mol. The van der Waals surface area contributed by atoms with Crippen LogP contribution in [0, 0.1) is 11.2 Å². The SMILES string of the molecule is CC(C)(C)CC(N)CC(=O)NCCc1ccc(F)cc1. The number of benzene rings is 1. The summed E-state index contributed by atoms with van der Waals surface area (Å²) in [5.41, 5.74) is 7.10. The second-order valence-electron chi connectivity index (χ2n) is 6.46. The van der Waals surface area contributed by atoms with Gasteiger partial charge >= 0.3 is 0 Å². The summed E-state index contributed by atoms with van der Waals surface area (Å²) in [5, 5.41) is 2.85. The summed E-state index contributed by atoms with van der Waals surface area (Å²) in [5.74, 6) is -0.269. The molecule has 1 unspecified atom stereocenters. The van der Waals surface area contributed by atoms with Crippen molar-refractivity contribution in [1.82, 2.24) is 5.32 Å². The van der Waals surface area contributed by atoms with Crippen molar-refractivity contribution < 1.29 is 9.18 Å². The van der Waals surface area contributed by atoms with Gasteiger partial charge in [0.2, 0.25) is 5.91 Å². The average molecular weight is 280 g/mol. The summed E-state index contributed by atoms with van der Waals surface area (Å²) in [6.45, 7) is 6.88. The first-order chi connectivity index (χ1) is 9.26. The van der Waals surface area contributed by atoms with Crippen LogP contribution < -0.4 is 11.1 Å². The third-order valence-corrected chi connectivity index (χ3v) is 2.97. The molecule has 112 valence electrons. The Morgan fingerprint density at radius 1 is 1.30 bits per heavy atom. The highest BCUT2D eigenvalue weighted by Crippen LogP contribution is 2.20. The molecule has 0 aromatic heterocycles. The minimum absolute atomic E-state index is 0.0242. The molecule has 1 rings (SSSR count). The summed E-state index contributed by atoms with van der Waals surface area (Å²) in [6, 6.07) is 6.20. The highest BCUT2D eigenvalue weighted by molar-refractivity contribution is 5.76. The zero-order chi connectivity index (χ0) is 15.2. The Bertz CT molecular complexity index is 423.